The van der Waals surface area contributed by atoms with Gasteiger partial charge in [-0.2, -0.15) is 0 Å². The lowest BCUT2D eigenvalue weighted by Crippen LogP contribution is -2.52. The number of aryl methyl sites for hydroxylation is 1. The molecule has 1 atom stereocenters. The topological polar surface area (TPSA) is 96.0 Å². The lowest BCUT2D eigenvalue weighted by Gasteiger charge is -2.33. The summed E-state index contributed by atoms with van der Waals surface area (Å²) in [5, 5.41) is 2.86. The minimum Gasteiger partial charge on any atom is -0.497 e. The second-order valence-corrected chi connectivity index (χ2v) is 11.3. The van der Waals surface area contributed by atoms with Crippen LogP contribution in [0.2, 0.25) is 0 Å². The molecule has 0 fully saturated rings. The summed E-state index contributed by atoms with van der Waals surface area (Å²) in [5.74, 6) is -0.953. The van der Waals surface area contributed by atoms with Crippen LogP contribution in [0.15, 0.2) is 77.7 Å². The average Bonchev–Trinajstić information content (AvgIpc) is 2.95. The third-order valence-electron chi connectivity index (χ3n) is 6.41. The summed E-state index contributed by atoms with van der Waals surface area (Å²) in [6.07, 6.45) is 1.06. The summed E-state index contributed by atoms with van der Waals surface area (Å²) in [5.41, 5.74) is 1.91. The molecule has 3 rings (SSSR count). The van der Waals surface area contributed by atoms with Gasteiger partial charge in [-0.05, 0) is 73.9 Å². The smallest absolute Gasteiger partial charge is 0.264 e. The summed E-state index contributed by atoms with van der Waals surface area (Å²) in [6.45, 7) is 5.63. The number of sulfonamides is 1. The van der Waals surface area contributed by atoms with Gasteiger partial charge in [-0.15, -0.1) is 0 Å². The van der Waals surface area contributed by atoms with Crippen molar-refractivity contribution in [3.63, 3.8) is 0 Å². The molecule has 40 heavy (non-hydrogen) atoms. The molecule has 0 bridgehead atoms. The van der Waals surface area contributed by atoms with Gasteiger partial charge in [0, 0.05) is 13.1 Å². The maximum absolute atomic E-state index is 14.0. The van der Waals surface area contributed by atoms with Crippen LogP contribution in [-0.2, 0) is 26.2 Å². The molecule has 1 N–H and O–H groups in total. The van der Waals surface area contributed by atoms with Crippen molar-refractivity contribution in [1.82, 2.24) is 10.2 Å². The van der Waals surface area contributed by atoms with Crippen LogP contribution < -0.4 is 14.4 Å². The fourth-order valence-electron chi connectivity index (χ4n) is 4.30. The normalized spacial score (nSPS) is 11.9. The maximum atomic E-state index is 14.0. The molecule has 2 amide bonds. The van der Waals surface area contributed by atoms with Crippen LogP contribution >= 0.6 is 0 Å². The number of benzene rings is 3. The first-order chi connectivity index (χ1) is 19.1. The van der Waals surface area contributed by atoms with Crippen LogP contribution in [0.1, 0.15) is 37.8 Å². The van der Waals surface area contributed by atoms with E-state index >= 15 is 0 Å². The van der Waals surface area contributed by atoms with Crippen LogP contribution in [0.4, 0.5) is 10.1 Å². The number of nitrogens with one attached hydrogen (secondary N) is 1. The summed E-state index contributed by atoms with van der Waals surface area (Å²) in [6, 6.07) is 17.4. The Morgan fingerprint density at radius 2 is 1.68 bits per heavy atom. The number of methoxy groups -OCH3 is 1. The standard InChI is InChI=1S/C30H36FN3O5S/c1-5-18-32-30(36)28(6-2)33(20-23-9-7-8-22(3)19-23)29(35)21-34(25-12-10-24(31)11-13-25)40(37,38)27-16-14-26(39-4)15-17-27/h7-17,19,28H,5-6,18,20-21H2,1-4H3,(H,32,36)/t28-/m1/s1. The minimum absolute atomic E-state index is 0.0663. The predicted octanol–water partition coefficient (Wildman–Crippen LogP) is 4.67. The van der Waals surface area contributed by atoms with E-state index in [1.165, 1.54) is 48.4 Å². The molecule has 0 aliphatic carbocycles. The average molecular weight is 570 g/mol. The van der Waals surface area contributed by atoms with Gasteiger partial charge in [0.05, 0.1) is 17.7 Å². The summed E-state index contributed by atoms with van der Waals surface area (Å²) in [7, 11) is -2.79. The zero-order valence-corrected chi connectivity index (χ0v) is 24.1. The van der Waals surface area contributed by atoms with Crippen molar-refractivity contribution < 1.29 is 27.1 Å². The van der Waals surface area contributed by atoms with Crippen molar-refractivity contribution in [2.45, 2.75) is 51.1 Å². The molecule has 0 spiro atoms. The van der Waals surface area contributed by atoms with Gasteiger partial charge in [0.25, 0.3) is 10.0 Å². The number of hydrogen-bond acceptors (Lipinski definition) is 5. The first-order valence-corrected chi connectivity index (χ1v) is 14.6. The largest absolute Gasteiger partial charge is 0.497 e. The van der Waals surface area contributed by atoms with Crippen molar-refractivity contribution >= 4 is 27.5 Å². The van der Waals surface area contributed by atoms with Crippen LogP contribution in [0, 0.1) is 12.7 Å². The van der Waals surface area contributed by atoms with E-state index in [4.69, 9.17) is 4.74 Å². The van der Waals surface area contributed by atoms with Crippen LogP contribution in [-0.4, -0.2) is 51.4 Å². The van der Waals surface area contributed by atoms with Gasteiger partial charge in [0.1, 0.15) is 24.2 Å². The minimum atomic E-state index is -4.26. The Morgan fingerprint density at radius 1 is 1.00 bits per heavy atom. The van der Waals surface area contributed by atoms with E-state index in [9.17, 15) is 22.4 Å². The molecule has 214 valence electrons. The maximum Gasteiger partial charge on any atom is 0.264 e. The van der Waals surface area contributed by atoms with Gasteiger partial charge in [-0.1, -0.05) is 43.7 Å². The van der Waals surface area contributed by atoms with E-state index in [1.54, 1.807) is 6.92 Å². The van der Waals surface area contributed by atoms with E-state index in [0.717, 1.165) is 34.0 Å². The van der Waals surface area contributed by atoms with Crippen molar-refractivity contribution in [2.75, 3.05) is 24.5 Å². The van der Waals surface area contributed by atoms with Crippen molar-refractivity contribution in [3.8, 4) is 5.75 Å². The lowest BCUT2D eigenvalue weighted by molar-refractivity contribution is -0.140. The van der Waals surface area contributed by atoms with Gasteiger partial charge in [0.2, 0.25) is 11.8 Å². The Balaban J connectivity index is 2.04. The first kappa shape index (κ1) is 30.6. The van der Waals surface area contributed by atoms with Crippen molar-refractivity contribution in [3.05, 3.63) is 89.7 Å². The molecular weight excluding hydrogens is 533 g/mol. The highest BCUT2D eigenvalue weighted by Gasteiger charge is 2.33. The molecule has 0 radical (unpaired) electrons. The Bertz CT molecular complexity index is 1400. The molecule has 3 aromatic carbocycles. The number of hydrogen-bond donors (Lipinski definition) is 1. The van der Waals surface area contributed by atoms with Crippen LogP contribution in [0.3, 0.4) is 0 Å². The summed E-state index contributed by atoms with van der Waals surface area (Å²) < 4.78 is 47.5. The number of carbonyl (C=O) groups excluding carboxylic acids is 2. The number of nitrogens with zero attached hydrogens (tertiary/aromatic N) is 2. The monoisotopic (exact) mass is 569 g/mol. The van der Waals surface area contributed by atoms with E-state index in [2.05, 4.69) is 5.32 Å². The molecule has 0 aliphatic rings. The molecule has 0 saturated carbocycles. The molecule has 3 aromatic rings. The van der Waals surface area contributed by atoms with Gasteiger partial charge in [0.15, 0.2) is 0 Å². The quantitative estimate of drug-likeness (QED) is 0.323. The number of amides is 2. The molecular formula is C30H36FN3O5S. The number of carbonyl (C=O) groups is 2. The molecule has 10 heteroatoms. The summed E-state index contributed by atoms with van der Waals surface area (Å²) in [4.78, 5) is 28.5. The second kappa shape index (κ2) is 13.9. The zero-order valence-electron chi connectivity index (χ0n) is 23.3. The van der Waals surface area contributed by atoms with Crippen molar-refractivity contribution in [2.24, 2.45) is 0 Å². The van der Waals surface area contributed by atoms with Gasteiger partial charge >= 0.3 is 0 Å². The second-order valence-electron chi connectivity index (χ2n) is 9.39. The van der Waals surface area contributed by atoms with E-state index in [0.29, 0.717) is 18.7 Å². The van der Waals surface area contributed by atoms with Gasteiger partial charge in [-0.3, -0.25) is 13.9 Å². The lowest BCUT2D eigenvalue weighted by atomic mass is 10.1. The Hall–Kier alpha value is -3.92. The van der Waals surface area contributed by atoms with E-state index in [1.807, 2.05) is 38.1 Å². The third kappa shape index (κ3) is 7.59. The Kier molecular flexibility index (Phi) is 10.7. The predicted molar refractivity (Wildman–Crippen MR) is 153 cm³/mol. The third-order valence-corrected chi connectivity index (χ3v) is 8.20. The molecule has 8 nitrogen and oxygen atoms in total. The van der Waals surface area contributed by atoms with Crippen molar-refractivity contribution in [1.29, 1.82) is 0 Å². The zero-order chi connectivity index (χ0) is 29.3. The molecule has 0 saturated heterocycles. The van der Waals surface area contributed by atoms with Crippen LogP contribution in [0.5, 0.6) is 5.75 Å². The Labute approximate surface area is 235 Å². The van der Waals surface area contributed by atoms with Gasteiger partial charge < -0.3 is 15.0 Å². The molecule has 0 heterocycles. The van der Waals surface area contributed by atoms with E-state index in [-0.39, 0.29) is 23.0 Å². The number of rotatable bonds is 13. The SMILES string of the molecule is CCCNC(=O)[C@@H](CC)N(Cc1cccc(C)c1)C(=O)CN(c1ccc(F)cc1)S(=O)(=O)c1ccc(OC)cc1. The highest BCUT2D eigenvalue weighted by atomic mass is 32.2. The molecule has 0 unspecified atom stereocenters. The van der Waals surface area contributed by atoms with E-state index < -0.39 is 34.3 Å². The van der Waals surface area contributed by atoms with Crippen LogP contribution in [0.25, 0.3) is 0 Å². The number of anilines is 1. The number of ether oxygens (including phenoxy) is 1. The molecule has 0 aromatic heterocycles. The fourth-order valence-corrected chi connectivity index (χ4v) is 5.72. The fraction of sp³-hybridized carbons (Fsp3) is 0.333. The molecule has 0 aliphatic heterocycles. The number of halogens is 1. The highest BCUT2D eigenvalue weighted by molar-refractivity contribution is 7.92. The first-order valence-electron chi connectivity index (χ1n) is 13.2. The summed E-state index contributed by atoms with van der Waals surface area (Å²) >= 11 is 0. The van der Waals surface area contributed by atoms with Gasteiger partial charge in [-0.25, -0.2) is 12.8 Å². The Morgan fingerprint density at radius 3 is 2.25 bits per heavy atom. The highest BCUT2D eigenvalue weighted by Crippen LogP contribution is 2.26.